The maximum Gasteiger partial charge on any atom is 0.151 e. The van der Waals surface area contributed by atoms with Gasteiger partial charge in [0.1, 0.15) is 17.5 Å². The van der Waals surface area contributed by atoms with Crippen LogP contribution in [0.5, 0.6) is 5.75 Å². The molecule has 0 radical (unpaired) electrons. The molecular weight excluding hydrogens is 422 g/mol. The molecule has 6 heteroatoms. The fraction of sp³-hybridized carbons (Fsp3) is 0.107. The lowest BCUT2D eigenvalue weighted by atomic mass is 10.1. The van der Waals surface area contributed by atoms with E-state index in [4.69, 9.17) is 14.8 Å². The van der Waals surface area contributed by atoms with Crippen LogP contribution in [-0.2, 0) is 7.05 Å². The minimum atomic E-state index is 0.466. The summed E-state index contributed by atoms with van der Waals surface area (Å²) in [7, 11) is 1.93. The predicted octanol–water partition coefficient (Wildman–Crippen LogP) is 5.89. The number of imidazole rings is 1. The number of fused-ring (bicyclic) bond motifs is 1. The van der Waals surface area contributed by atoms with Crippen molar-refractivity contribution < 1.29 is 4.74 Å². The van der Waals surface area contributed by atoms with Crippen molar-refractivity contribution in [1.29, 1.82) is 5.26 Å². The molecule has 34 heavy (non-hydrogen) atoms. The number of nitrogens with zero attached hydrogens (tertiary/aromatic N) is 5. The molecule has 0 spiro atoms. The van der Waals surface area contributed by atoms with E-state index in [2.05, 4.69) is 6.07 Å². The first kappa shape index (κ1) is 21.2. The zero-order valence-electron chi connectivity index (χ0n) is 19.0. The van der Waals surface area contributed by atoms with E-state index in [1.165, 1.54) is 0 Å². The maximum absolute atomic E-state index is 10.1. The summed E-state index contributed by atoms with van der Waals surface area (Å²) >= 11 is 0. The van der Waals surface area contributed by atoms with Crippen molar-refractivity contribution in [3.63, 3.8) is 0 Å². The van der Waals surface area contributed by atoms with Gasteiger partial charge in [-0.2, -0.15) is 10.4 Å². The smallest absolute Gasteiger partial charge is 0.151 e. The molecule has 0 atom stereocenters. The number of hydrogen-bond acceptors (Lipinski definition) is 4. The molecular formula is C28H23N5O. The van der Waals surface area contributed by atoms with Crippen LogP contribution in [0.25, 0.3) is 39.6 Å². The SMILES string of the molecule is CCOc1cccc(-c2nn(-c3ccccc3)cc2C=C(C#N)c2nc3ccccc3n2C)c1. The van der Waals surface area contributed by atoms with Crippen LogP contribution in [0.3, 0.4) is 0 Å². The van der Waals surface area contributed by atoms with Crippen LogP contribution < -0.4 is 4.74 Å². The predicted molar refractivity (Wildman–Crippen MR) is 134 cm³/mol. The molecule has 5 aromatic rings. The lowest BCUT2D eigenvalue weighted by Gasteiger charge is -2.06. The molecule has 5 rings (SSSR count). The van der Waals surface area contributed by atoms with Gasteiger partial charge in [0.05, 0.1) is 28.9 Å². The van der Waals surface area contributed by atoms with Gasteiger partial charge in [-0.3, -0.25) is 0 Å². The van der Waals surface area contributed by atoms with Gasteiger partial charge in [-0.05, 0) is 49.4 Å². The van der Waals surface area contributed by atoms with Crippen molar-refractivity contribution >= 4 is 22.7 Å². The third kappa shape index (κ3) is 3.96. The summed E-state index contributed by atoms with van der Waals surface area (Å²) in [6, 6.07) is 28.0. The Hall–Kier alpha value is -4.63. The zero-order valence-corrected chi connectivity index (χ0v) is 19.0. The molecule has 0 N–H and O–H groups in total. The van der Waals surface area contributed by atoms with E-state index in [9.17, 15) is 5.26 Å². The Morgan fingerprint density at radius 2 is 1.82 bits per heavy atom. The molecule has 166 valence electrons. The van der Waals surface area contributed by atoms with Crippen molar-refractivity contribution in [2.24, 2.45) is 7.05 Å². The second kappa shape index (κ2) is 9.08. The quantitative estimate of drug-likeness (QED) is 0.306. The Kier molecular flexibility index (Phi) is 5.67. The molecule has 2 heterocycles. The summed E-state index contributed by atoms with van der Waals surface area (Å²) in [6.07, 6.45) is 3.80. The normalized spacial score (nSPS) is 11.5. The number of nitriles is 1. The number of aromatic nitrogens is 4. The van der Waals surface area contributed by atoms with Gasteiger partial charge < -0.3 is 9.30 Å². The van der Waals surface area contributed by atoms with Gasteiger partial charge >= 0.3 is 0 Å². The number of aryl methyl sites for hydroxylation is 1. The Morgan fingerprint density at radius 1 is 1.03 bits per heavy atom. The Balaban J connectivity index is 1.68. The number of allylic oxidation sites excluding steroid dienone is 1. The number of benzene rings is 3. The standard InChI is InChI=1S/C28H23N5O/c1-3-34-24-13-9-10-20(17-24)27-22(19-33(31-27)23-11-5-4-6-12-23)16-21(18-29)28-30-25-14-7-8-15-26(25)32(28)2/h4-17,19H,3H2,1-2H3. The molecule has 0 bridgehead atoms. The first-order valence-electron chi connectivity index (χ1n) is 11.1. The molecule has 0 saturated heterocycles. The summed E-state index contributed by atoms with van der Waals surface area (Å²) in [4.78, 5) is 4.71. The van der Waals surface area contributed by atoms with Crippen LogP contribution in [0.15, 0.2) is 85.1 Å². The highest BCUT2D eigenvalue weighted by Gasteiger charge is 2.16. The molecule has 0 fully saturated rings. The summed E-state index contributed by atoms with van der Waals surface area (Å²) in [5, 5.41) is 14.9. The molecule has 3 aromatic carbocycles. The van der Waals surface area contributed by atoms with Crippen LogP contribution >= 0.6 is 0 Å². The van der Waals surface area contributed by atoms with Gasteiger partial charge in [0.25, 0.3) is 0 Å². The van der Waals surface area contributed by atoms with Gasteiger partial charge in [0, 0.05) is 24.4 Å². The van der Waals surface area contributed by atoms with E-state index in [1.54, 1.807) is 0 Å². The largest absolute Gasteiger partial charge is 0.494 e. The zero-order chi connectivity index (χ0) is 23.5. The highest BCUT2D eigenvalue weighted by atomic mass is 16.5. The third-order valence-electron chi connectivity index (χ3n) is 5.63. The van der Waals surface area contributed by atoms with Crippen molar-refractivity contribution in [1.82, 2.24) is 19.3 Å². The van der Waals surface area contributed by atoms with E-state index >= 15 is 0 Å². The molecule has 0 unspecified atom stereocenters. The summed E-state index contributed by atoms with van der Waals surface area (Å²) < 4.78 is 9.48. The van der Waals surface area contributed by atoms with Gasteiger partial charge in [0.2, 0.25) is 0 Å². The minimum absolute atomic E-state index is 0.466. The fourth-order valence-electron chi connectivity index (χ4n) is 4.02. The highest BCUT2D eigenvalue weighted by Crippen LogP contribution is 2.30. The topological polar surface area (TPSA) is 68.7 Å². The molecule has 2 aromatic heterocycles. The molecule has 0 saturated carbocycles. The first-order valence-corrected chi connectivity index (χ1v) is 11.1. The van der Waals surface area contributed by atoms with E-state index in [0.29, 0.717) is 18.0 Å². The van der Waals surface area contributed by atoms with Crippen LogP contribution in [0, 0.1) is 11.3 Å². The van der Waals surface area contributed by atoms with Crippen LogP contribution in [0.1, 0.15) is 18.3 Å². The summed E-state index contributed by atoms with van der Waals surface area (Å²) in [6.45, 7) is 2.54. The number of rotatable bonds is 6. The monoisotopic (exact) mass is 445 g/mol. The molecule has 0 aliphatic rings. The Bertz CT molecular complexity index is 1540. The molecule has 6 nitrogen and oxygen atoms in total. The number of ether oxygens (including phenoxy) is 1. The van der Waals surface area contributed by atoms with E-state index in [0.717, 1.165) is 39.3 Å². The van der Waals surface area contributed by atoms with Gasteiger partial charge in [-0.25, -0.2) is 9.67 Å². The molecule has 0 aliphatic carbocycles. The summed E-state index contributed by atoms with van der Waals surface area (Å²) in [5.41, 5.74) is 5.72. The van der Waals surface area contributed by atoms with Crippen molar-refractivity contribution in [2.75, 3.05) is 6.61 Å². The first-order chi connectivity index (χ1) is 16.7. The van der Waals surface area contributed by atoms with Crippen LogP contribution in [-0.4, -0.2) is 25.9 Å². The number of hydrogen-bond donors (Lipinski definition) is 0. The third-order valence-corrected chi connectivity index (χ3v) is 5.63. The second-order valence-electron chi connectivity index (χ2n) is 7.83. The van der Waals surface area contributed by atoms with E-state index < -0.39 is 0 Å². The highest BCUT2D eigenvalue weighted by molar-refractivity contribution is 5.93. The second-order valence-corrected chi connectivity index (χ2v) is 7.83. The van der Waals surface area contributed by atoms with Crippen molar-refractivity contribution in [3.05, 3.63) is 96.4 Å². The van der Waals surface area contributed by atoms with E-state index in [-0.39, 0.29) is 0 Å². The average Bonchev–Trinajstić information content (AvgIpc) is 3.45. The lowest BCUT2D eigenvalue weighted by molar-refractivity contribution is 0.340. The molecule has 0 aliphatic heterocycles. The van der Waals surface area contributed by atoms with Gasteiger partial charge in [-0.1, -0.05) is 42.5 Å². The van der Waals surface area contributed by atoms with Gasteiger partial charge in [0.15, 0.2) is 5.82 Å². The maximum atomic E-state index is 10.1. The van der Waals surface area contributed by atoms with Gasteiger partial charge in [-0.15, -0.1) is 0 Å². The average molecular weight is 446 g/mol. The van der Waals surface area contributed by atoms with E-state index in [1.807, 2.05) is 114 Å². The summed E-state index contributed by atoms with van der Waals surface area (Å²) in [5.74, 6) is 1.39. The van der Waals surface area contributed by atoms with Crippen LogP contribution in [0.2, 0.25) is 0 Å². The Labute approximate surface area is 198 Å². The fourth-order valence-corrected chi connectivity index (χ4v) is 4.02. The van der Waals surface area contributed by atoms with Crippen molar-refractivity contribution in [3.8, 4) is 28.8 Å². The lowest BCUT2D eigenvalue weighted by Crippen LogP contribution is -1.96. The molecule has 0 amide bonds. The van der Waals surface area contributed by atoms with Crippen molar-refractivity contribution in [2.45, 2.75) is 6.92 Å². The van der Waals surface area contributed by atoms with Crippen LogP contribution in [0.4, 0.5) is 0 Å². The Morgan fingerprint density at radius 3 is 2.59 bits per heavy atom. The number of para-hydroxylation sites is 3. The minimum Gasteiger partial charge on any atom is -0.494 e.